The summed E-state index contributed by atoms with van der Waals surface area (Å²) >= 11 is 0. The Bertz CT molecular complexity index is 1540. The summed E-state index contributed by atoms with van der Waals surface area (Å²) in [5.41, 5.74) is 6.21. The summed E-state index contributed by atoms with van der Waals surface area (Å²) in [5, 5.41) is 5.48. The number of carbonyl (C=O) groups is 7. The smallest absolute Gasteiger partial charge is 0.312 e. The molecule has 6 N–H and O–H groups in total. The number of hydrogen-bond acceptors (Lipinski definition) is 10. The lowest BCUT2D eigenvalue weighted by Crippen LogP contribution is -2.51. The second-order valence-corrected chi connectivity index (χ2v) is 15.3. The monoisotopic (exact) mass is 737 g/mol. The Morgan fingerprint density at radius 1 is 0.980 bits per heavy atom. The van der Waals surface area contributed by atoms with Gasteiger partial charge in [0.1, 0.15) is 6.61 Å². The van der Waals surface area contributed by atoms with E-state index >= 15 is 0 Å². The molecule has 1 aromatic rings. The summed E-state index contributed by atoms with van der Waals surface area (Å²) in [5.74, 6) is -6.21. The van der Waals surface area contributed by atoms with Crippen LogP contribution in [0.1, 0.15) is 79.2 Å². The van der Waals surface area contributed by atoms with Crippen LogP contribution in [0.15, 0.2) is 24.3 Å². The number of amides is 6. The van der Waals surface area contributed by atoms with Crippen LogP contribution in [0.2, 0.25) is 0 Å². The van der Waals surface area contributed by atoms with Crippen LogP contribution in [0.4, 0.5) is 10.5 Å². The minimum Gasteiger partial charge on any atom is -0.461 e. The summed E-state index contributed by atoms with van der Waals surface area (Å²) in [7, 11) is -5.03. The van der Waals surface area contributed by atoms with E-state index in [-0.39, 0.29) is 56.6 Å². The Kier molecular flexibility index (Phi) is 16.2. The SMILES string of the molecule is CC(C)C(=O)OCc1ccc(NC(=O)[C@H](CCCNC(N)=O)CC(=O)[C@@H](NC(=O)[C@H](CCN2C(=O)CC(C(C)C)C2=O)S(=O)(=O)O)C(C)C)cc1. The lowest BCUT2D eigenvalue weighted by Gasteiger charge is -2.26. The van der Waals surface area contributed by atoms with Gasteiger partial charge in [0.25, 0.3) is 10.1 Å². The highest BCUT2D eigenvalue weighted by molar-refractivity contribution is 7.87. The highest BCUT2D eigenvalue weighted by Crippen LogP contribution is 2.27. The summed E-state index contributed by atoms with van der Waals surface area (Å²) in [6, 6.07) is 4.49. The largest absolute Gasteiger partial charge is 0.461 e. The van der Waals surface area contributed by atoms with E-state index in [1.165, 1.54) is 0 Å². The van der Waals surface area contributed by atoms with Gasteiger partial charge in [-0.3, -0.25) is 38.2 Å². The summed E-state index contributed by atoms with van der Waals surface area (Å²) in [6.07, 6.45) is -0.620. The number of likely N-dealkylation sites (tertiary alicyclic amines) is 1. The van der Waals surface area contributed by atoms with Gasteiger partial charge in [0, 0.05) is 43.5 Å². The van der Waals surface area contributed by atoms with E-state index < -0.39 is 87.6 Å². The van der Waals surface area contributed by atoms with Crippen molar-refractivity contribution in [3.05, 3.63) is 29.8 Å². The molecule has 1 aliphatic rings. The summed E-state index contributed by atoms with van der Waals surface area (Å²) in [6.45, 7) is 9.92. The number of carbonyl (C=O) groups excluding carboxylic acids is 7. The van der Waals surface area contributed by atoms with E-state index in [1.807, 2.05) is 0 Å². The van der Waals surface area contributed by atoms with Crippen LogP contribution in [0.25, 0.3) is 0 Å². The van der Waals surface area contributed by atoms with Crippen LogP contribution in [0, 0.1) is 29.6 Å². The minimum atomic E-state index is -5.03. The van der Waals surface area contributed by atoms with Crippen LogP contribution in [0.5, 0.6) is 0 Å². The molecule has 4 atom stereocenters. The molecule has 1 heterocycles. The molecule has 2 rings (SSSR count). The minimum absolute atomic E-state index is 0.0443. The number of urea groups is 1. The topological polar surface area (TPSA) is 248 Å². The fraction of sp³-hybridized carbons (Fsp3) is 0.618. The van der Waals surface area contributed by atoms with Gasteiger partial charge in [0.2, 0.25) is 23.6 Å². The van der Waals surface area contributed by atoms with Crippen molar-refractivity contribution in [2.75, 3.05) is 18.4 Å². The molecule has 1 aromatic carbocycles. The Morgan fingerprint density at radius 3 is 2.12 bits per heavy atom. The quantitative estimate of drug-likeness (QED) is 0.0561. The van der Waals surface area contributed by atoms with E-state index in [4.69, 9.17) is 10.5 Å². The molecule has 0 aromatic heterocycles. The van der Waals surface area contributed by atoms with Gasteiger partial charge in [-0.05, 0) is 48.8 Å². The Hall–Kier alpha value is -4.38. The fourth-order valence-corrected chi connectivity index (χ4v) is 6.24. The van der Waals surface area contributed by atoms with Crippen molar-refractivity contribution in [3.8, 4) is 0 Å². The highest BCUT2D eigenvalue weighted by atomic mass is 32.2. The zero-order chi connectivity index (χ0) is 38.6. The first-order valence-corrected chi connectivity index (χ1v) is 18.5. The molecule has 51 heavy (non-hydrogen) atoms. The van der Waals surface area contributed by atoms with Crippen LogP contribution in [0.3, 0.4) is 0 Å². The van der Waals surface area contributed by atoms with Crippen molar-refractivity contribution in [2.24, 2.45) is 35.3 Å². The number of nitrogens with two attached hydrogens (primary N) is 1. The van der Waals surface area contributed by atoms with Gasteiger partial charge in [-0.1, -0.05) is 53.7 Å². The molecule has 1 aliphatic heterocycles. The number of Topliss-reactive ketones (excluding diaryl/α,β-unsaturated/α-hetero) is 1. The average Bonchev–Trinajstić information content (AvgIpc) is 3.32. The lowest BCUT2D eigenvalue weighted by molar-refractivity contribution is -0.148. The number of rotatable bonds is 20. The standard InChI is InChI=1S/C34H51N5O11S/c1-19(2)25-17-28(41)39(32(25)44)15-13-27(51(47,48)49)31(43)38-29(20(3)4)26(40)16-23(8-7-14-36-34(35)46)30(42)37-24-11-9-22(10-12-24)18-50-33(45)21(5)6/h9-12,19-21,23,25,27,29H,7-8,13-18H2,1-6H3,(H,37,42)(H,38,43)(H3,35,36,46)(H,47,48,49)/t23-,25?,27+,29+/m1/s1. The number of esters is 1. The number of nitrogens with zero attached hydrogens (tertiary/aromatic N) is 1. The zero-order valence-corrected chi connectivity index (χ0v) is 30.8. The Labute approximate surface area is 298 Å². The second-order valence-electron chi connectivity index (χ2n) is 13.7. The molecular weight excluding hydrogens is 686 g/mol. The van der Waals surface area contributed by atoms with E-state index in [1.54, 1.807) is 65.8 Å². The average molecular weight is 738 g/mol. The molecule has 16 nitrogen and oxygen atoms in total. The third-order valence-corrected chi connectivity index (χ3v) is 9.75. The lowest BCUT2D eigenvalue weighted by atomic mass is 9.89. The van der Waals surface area contributed by atoms with E-state index in [2.05, 4.69) is 16.0 Å². The van der Waals surface area contributed by atoms with Crippen molar-refractivity contribution in [2.45, 2.75) is 91.5 Å². The third kappa shape index (κ3) is 13.4. The third-order valence-electron chi connectivity index (χ3n) is 8.58. The molecule has 6 amide bonds. The van der Waals surface area contributed by atoms with Gasteiger partial charge in [-0.2, -0.15) is 8.42 Å². The van der Waals surface area contributed by atoms with Gasteiger partial charge < -0.3 is 26.4 Å². The number of ketones is 1. The van der Waals surface area contributed by atoms with Crippen LogP contribution in [-0.2, 0) is 50.2 Å². The molecule has 17 heteroatoms. The summed E-state index contributed by atoms with van der Waals surface area (Å²) in [4.78, 5) is 89.3. The van der Waals surface area contributed by atoms with Gasteiger partial charge in [0.05, 0.1) is 12.0 Å². The number of imide groups is 1. The second kappa shape index (κ2) is 19.3. The molecule has 0 bridgehead atoms. The number of anilines is 1. The molecule has 1 unspecified atom stereocenters. The fourth-order valence-electron chi connectivity index (χ4n) is 5.50. The van der Waals surface area contributed by atoms with Crippen molar-refractivity contribution in [1.82, 2.24) is 15.5 Å². The Balaban J connectivity index is 2.18. The molecule has 0 spiro atoms. The molecule has 0 radical (unpaired) electrons. The number of benzene rings is 1. The van der Waals surface area contributed by atoms with Gasteiger partial charge >= 0.3 is 12.0 Å². The number of ether oxygens (including phenoxy) is 1. The molecule has 0 aliphatic carbocycles. The molecule has 1 fully saturated rings. The van der Waals surface area contributed by atoms with Gasteiger partial charge in [-0.25, -0.2) is 4.79 Å². The van der Waals surface area contributed by atoms with Crippen LogP contribution in [-0.4, -0.2) is 83.7 Å². The van der Waals surface area contributed by atoms with Crippen molar-refractivity contribution in [1.29, 1.82) is 0 Å². The van der Waals surface area contributed by atoms with E-state index in [9.17, 15) is 46.5 Å². The van der Waals surface area contributed by atoms with Crippen molar-refractivity contribution >= 4 is 57.2 Å². The van der Waals surface area contributed by atoms with Crippen molar-refractivity contribution in [3.63, 3.8) is 0 Å². The number of hydrogen-bond donors (Lipinski definition) is 5. The molecular formula is C34H51N5O11S. The number of primary amides is 1. The predicted molar refractivity (Wildman–Crippen MR) is 186 cm³/mol. The Morgan fingerprint density at radius 2 is 1.61 bits per heavy atom. The first-order valence-electron chi connectivity index (χ1n) is 17.0. The number of nitrogens with one attached hydrogen (secondary N) is 3. The maximum atomic E-state index is 13.6. The van der Waals surface area contributed by atoms with E-state index in [0.29, 0.717) is 11.3 Å². The maximum absolute atomic E-state index is 13.6. The first-order chi connectivity index (χ1) is 23.7. The predicted octanol–water partition coefficient (Wildman–Crippen LogP) is 2.17. The van der Waals surface area contributed by atoms with Gasteiger partial charge in [-0.15, -0.1) is 0 Å². The van der Waals surface area contributed by atoms with Crippen molar-refractivity contribution < 1.29 is 51.3 Å². The van der Waals surface area contributed by atoms with Crippen LogP contribution < -0.4 is 21.7 Å². The maximum Gasteiger partial charge on any atom is 0.312 e. The zero-order valence-electron chi connectivity index (χ0n) is 30.0. The van der Waals surface area contributed by atoms with Crippen LogP contribution >= 0.6 is 0 Å². The van der Waals surface area contributed by atoms with Gasteiger partial charge in [0.15, 0.2) is 11.0 Å². The molecule has 284 valence electrons. The van der Waals surface area contributed by atoms with E-state index in [0.717, 1.165) is 4.90 Å². The highest BCUT2D eigenvalue weighted by Gasteiger charge is 2.42. The first kappa shape index (κ1) is 42.8. The molecule has 1 saturated heterocycles. The molecule has 0 saturated carbocycles. The normalized spacial score (nSPS) is 16.6. The summed E-state index contributed by atoms with van der Waals surface area (Å²) < 4.78 is 39.7.